The van der Waals surface area contributed by atoms with E-state index in [1.54, 1.807) is 42.7 Å². The third-order valence-electron chi connectivity index (χ3n) is 8.55. The summed E-state index contributed by atoms with van der Waals surface area (Å²) in [6.07, 6.45) is 0.786. The Morgan fingerprint density at radius 3 is 2.65 bits per heavy atom. The van der Waals surface area contributed by atoms with Crippen LogP contribution in [-0.4, -0.2) is 63.1 Å². The second-order valence-electron chi connectivity index (χ2n) is 11.1. The lowest BCUT2D eigenvalue weighted by atomic mass is 9.85. The number of phenols is 1. The van der Waals surface area contributed by atoms with Crippen LogP contribution >= 0.6 is 0 Å². The minimum atomic E-state index is -1.88. The number of aromatic nitrogens is 2. The first kappa shape index (κ1) is 28.5. The van der Waals surface area contributed by atoms with Gasteiger partial charge in [-0.1, -0.05) is 20.8 Å². The van der Waals surface area contributed by atoms with E-state index in [0.29, 0.717) is 23.3 Å². The van der Waals surface area contributed by atoms with Crippen molar-refractivity contribution in [3.8, 4) is 17.1 Å². The second-order valence-corrected chi connectivity index (χ2v) is 11.1. The van der Waals surface area contributed by atoms with Gasteiger partial charge in [0.1, 0.15) is 19.0 Å². The molecule has 2 aromatic heterocycles. The van der Waals surface area contributed by atoms with E-state index < -0.39 is 24.1 Å². The number of aryl methyl sites for hydroxylation is 1. The van der Waals surface area contributed by atoms with Crippen LogP contribution in [0.2, 0.25) is 0 Å². The number of hydrogen-bond donors (Lipinski definition) is 1. The van der Waals surface area contributed by atoms with Crippen LogP contribution < -0.4 is 5.56 Å². The summed E-state index contributed by atoms with van der Waals surface area (Å²) in [5.41, 5.74) is 1.77. The number of aromatic hydroxyl groups is 1. The van der Waals surface area contributed by atoms with Gasteiger partial charge < -0.3 is 23.9 Å². The summed E-state index contributed by atoms with van der Waals surface area (Å²) in [5, 5.41) is 10.9. The van der Waals surface area contributed by atoms with Gasteiger partial charge in [-0.15, -0.1) is 0 Å². The predicted octanol–water partition coefficient (Wildman–Crippen LogP) is 2.31. The molecule has 6 rings (SSSR count). The Morgan fingerprint density at radius 2 is 1.95 bits per heavy atom. The van der Waals surface area contributed by atoms with Crippen molar-refractivity contribution in [3.05, 3.63) is 56.9 Å². The molecule has 1 aromatic carbocycles. The number of phenolic OH excluding ortho intramolecular Hbond substituents is 1. The number of amides is 2. The van der Waals surface area contributed by atoms with E-state index in [-0.39, 0.29) is 79.3 Å². The number of fused-ring (bicyclic) bond motifs is 5. The third kappa shape index (κ3) is 4.48. The maximum atomic E-state index is 13.8. The van der Waals surface area contributed by atoms with Crippen molar-refractivity contribution < 1.29 is 38.5 Å². The highest BCUT2D eigenvalue weighted by atomic mass is 16.6. The number of esters is 2. The SMILES string of the molecule is CCc1c2c(nc3ccc(O)cc13)-c1cc3c(c(=O)n1C2)COC(=O)[C@@]3(CC)OC(=O)COCCN1C(=O)CC(C)C1=O. The molecule has 0 spiro atoms. The van der Waals surface area contributed by atoms with Crippen molar-refractivity contribution in [2.24, 2.45) is 5.92 Å². The number of benzene rings is 1. The molecule has 1 N–H and O–H groups in total. The largest absolute Gasteiger partial charge is 0.508 e. The Morgan fingerprint density at radius 1 is 1.16 bits per heavy atom. The zero-order valence-electron chi connectivity index (χ0n) is 24.1. The molecule has 1 fully saturated rings. The highest BCUT2D eigenvalue weighted by Gasteiger charge is 2.50. The van der Waals surface area contributed by atoms with Gasteiger partial charge in [-0.05, 0) is 42.7 Å². The van der Waals surface area contributed by atoms with E-state index in [1.165, 1.54) is 0 Å². The van der Waals surface area contributed by atoms with Crippen molar-refractivity contribution in [2.45, 2.75) is 58.8 Å². The molecule has 3 aromatic rings. The maximum Gasteiger partial charge on any atom is 0.355 e. The Kier molecular flexibility index (Phi) is 7.04. The number of nitrogens with zero attached hydrogens (tertiary/aromatic N) is 3. The van der Waals surface area contributed by atoms with Crippen LogP contribution in [0.5, 0.6) is 5.75 Å². The molecular weight excluding hydrogens is 558 g/mol. The average molecular weight is 590 g/mol. The van der Waals surface area contributed by atoms with Gasteiger partial charge in [0.05, 0.1) is 42.2 Å². The van der Waals surface area contributed by atoms with Crippen molar-refractivity contribution in [1.29, 1.82) is 0 Å². The average Bonchev–Trinajstić information content (AvgIpc) is 3.46. The molecule has 1 saturated heterocycles. The Labute approximate surface area is 246 Å². The number of imide groups is 1. The zero-order valence-corrected chi connectivity index (χ0v) is 24.1. The van der Waals surface area contributed by atoms with E-state index >= 15 is 0 Å². The van der Waals surface area contributed by atoms with E-state index in [4.69, 9.17) is 19.2 Å². The van der Waals surface area contributed by atoms with Gasteiger partial charge >= 0.3 is 11.9 Å². The highest BCUT2D eigenvalue weighted by molar-refractivity contribution is 6.03. The summed E-state index contributed by atoms with van der Waals surface area (Å²) in [5.74, 6) is -2.49. The lowest BCUT2D eigenvalue weighted by Crippen LogP contribution is -2.48. The fourth-order valence-corrected chi connectivity index (χ4v) is 6.33. The Hall–Kier alpha value is -4.58. The van der Waals surface area contributed by atoms with Gasteiger partial charge in [-0.2, -0.15) is 0 Å². The molecule has 43 heavy (non-hydrogen) atoms. The first-order valence-electron chi connectivity index (χ1n) is 14.3. The van der Waals surface area contributed by atoms with Crippen molar-refractivity contribution in [2.75, 3.05) is 19.8 Å². The number of hydrogen-bond acceptors (Lipinski definition) is 10. The smallest absolute Gasteiger partial charge is 0.355 e. The van der Waals surface area contributed by atoms with Gasteiger partial charge in [-0.3, -0.25) is 19.3 Å². The van der Waals surface area contributed by atoms with Gasteiger partial charge in [0, 0.05) is 28.9 Å². The van der Waals surface area contributed by atoms with Crippen LogP contribution in [0.15, 0.2) is 29.1 Å². The number of rotatable bonds is 8. The van der Waals surface area contributed by atoms with Gasteiger partial charge in [0.15, 0.2) is 0 Å². The zero-order chi connectivity index (χ0) is 30.6. The monoisotopic (exact) mass is 589 g/mol. The summed E-state index contributed by atoms with van der Waals surface area (Å²) in [7, 11) is 0. The standard InChI is InChI=1S/C31H31N3O9/c1-4-18-19-11-17(35)6-7-23(19)32-27-20(18)13-34-24(27)12-22-21(29(34)39)14-42-30(40)31(22,5-2)43-26(37)15-41-9-8-33-25(36)10-16(3)28(33)38/h6-7,11-12,16,35H,4-5,8-10,13-15H2,1-3H3/t16?,31-/m0/s1. The second kappa shape index (κ2) is 10.6. The molecule has 3 aliphatic rings. The van der Waals surface area contributed by atoms with Crippen LogP contribution in [0.4, 0.5) is 0 Å². The van der Waals surface area contributed by atoms with E-state index in [0.717, 1.165) is 21.4 Å². The number of ether oxygens (including phenoxy) is 3. The van der Waals surface area contributed by atoms with E-state index in [9.17, 15) is 29.1 Å². The Balaban J connectivity index is 1.31. The number of carbonyl (C=O) groups is 4. The molecular formula is C31H31N3O9. The number of likely N-dealkylation sites (tertiary alicyclic amines) is 1. The maximum absolute atomic E-state index is 13.8. The summed E-state index contributed by atoms with van der Waals surface area (Å²) >= 11 is 0. The van der Waals surface area contributed by atoms with Crippen molar-refractivity contribution >= 4 is 34.7 Å². The molecule has 224 valence electrons. The molecule has 12 nitrogen and oxygen atoms in total. The normalized spacial score (nSPS) is 20.7. The molecule has 0 aliphatic carbocycles. The van der Waals surface area contributed by atoms with Crippen LogP contribution in [0.3, 0.4) is 0 Å². The fourth-order valence-electron chi connectivity index (χ4n) is 6.33. The summed E-state index contributed by atoms with van der Waals surface area (Å²) in [6.45, 7) is 4.71. The number of cyclic esters (lactones) is 1. The predicted molar refractivity (Wildman–Crippen MR) is 151 cm³/mol. The molecule has 0 saturated carbocycles. The van der Waals surface area contributed by atoms with Crippen molar-refractivity contribution in [1.82, 2.24) is 14.5 Å². The van der Waals surface area contributed by atoms with Crippen molar-refractivity contribution in [3.63, 3.8) is 0 Å². The van der Waals surface area contributed by atoms with Crippen LogP contribution in [0.25, 0.3) is 22.3 Å². The van der Waals surface area contributed by atoms with Crippen LogP contribution in [-0.2, 0) is 58.6 Å². The molecule has 2 amide bonds. The molecule has 0 bridgehead atoms. The Bertz CT molecular complexity index is 1780. The summed E-state index contributed by atoms with van der Waals surface area (Å²) in [6, 6.07) is 6.62. The highest BCUT2D eigenvalue weighted by Crippen LogP contribution is 2.42. The molecule has 1 unspecified atom stereocenters. The first-order chi connectivity index (χ1) is 20.6. The molecule has 2 atom stereocenters. The lowest BCUT2D eigenvalue weighted by molar-refractivity contribution is -0.192. The lowest BCUT2D eigenvalue weighted by Gasteiger charge is -2.35. The van der Waals surface area contributed by atoms with Crippen LogP contribution in [0, 0.1) is 5.92 Å². The quantitative estimate of drug-likeness (QED) is 0.184. The minimum Gasteiger partial charge on any atom is -0.508 e. The topological polar surface area (TPSA) is 154 Å². The summed E-state index contributed by atoms with van der Waals surface area (Å²) < 4.78 is 18.1. The molecule has 5 heterocycles. The molecule has 0 radical (unpaired) electrons. The number of carbonyl (C=O) groups excluding carboxylic acids is 4. The van der Waals surface area contributed by atoms with Gasteiger partial charge in [0.25, 0.3) is 5.56 Å². The molecule has 12 heteroatoms. The number of pyridine rings is 2. The summed E-state index contributed by atoms with van der Waals surface area (Å²) in [4.78, 5) is 70.0. The third-order valence-corrected chi connectivity index (χ3v) is 8.55. The van der Waals surface area contributed by atoms with Gasteiger partial charge in [-0.25, -0.2) is 14.6 Å². The first-order valence-corrected chi connectivity index (χ1v) is 14.3. The van der Waals surface area contributed by atoms with E-state index in [2.05, 4.69) is 0 Å². The van der Waals surface area contributed by atoms with Crippen LogP contribution in [0.1, 0.15) is 55.9 Å². The minimum absolute atomic E-state index is 0.000368. The fraction of sp³-hybridized carbons (Fsp3) is 0.419. The van der Waals surface area contributed by atoms with E-state index in [1.807, 2.05) is 6.92 Å². The van der Waals surface area contributed by atoms with Gasteiger partial charge in [0.2, 0.25) is 17.4 Å². The molecule has 3 aliphatic heterocycles.